The number of carbonyl (C=O) groups excluding carboxylic acids is 1. The van der Waals surface area contributed by atoms with Gasteiger partial charge in [0.25, 0.3) is 0 Å². The molecular formula is C16H20N2O2. The second-order valence-electron chi connectivity index (χ2n) is 6.50. The Balaban J connectivity index is 2.29. The van der Waals surface area contributed by atoms with Crippen LogP contribution in [0.4, 0.5) is 0 Å². The summed E-state index contributed by atoms with van der Waals surface area (Å²) < 4.78 is 7.19. The van der Waals surface area contributed by atoms with Crippen molar-refractivity contribution in [3.63, 3.8) is 0 Å². The van der Waals surface area contributed by atoms with E-state index in [0.29, 0.717) is 0 Å². The molecule has 0 spiro atoms. The van der Waals surface area contributed by atoms with Gasteiger partial charge in [0.05, 0.1) is 18.1 Å². The summed E-state index contributed by atoms with van der Waals surface area (Å²) in [6.07, 6.45) is 1.64. The molecule has 0 saturated heterocycles. The predicted molar refractivity (Wildman–Crippen MR) is 77.7 cm³/mol. The minimum absolute atomic E-state index is 0.130. The van der Waals surface area contributed by atoms with Gasteiger partial charge in [-0.25, -0.2) is 4.98 Å². The van der Waals surface area contributed by atoms with E-state index < -0.39 is 5.41 Å². The zero-order valence-corrected chi connectivity index (χ0v) is 12.4. The Labute approximate surface area is 118 Å². The van der Waals surface area contributed by atoms with Crippen molar-refractivity contribution in [2.24, 2.45) is 0 Å². The number of ether oxygens (including phenoxy) is 1. The van der Waals surface area contributed by atoms with Gasteiger partial charge in [-0.2, -0.15) is 0 Å². The third kappa shape index (κ3) is 1.74. The van der Waals surface area contributed by atoms with Crippen molar-refractivity contribution in [3.05, 3.63) is 30.1 Å². The molecule has 1 aromatic heterocycles. The summed E-state index contributed by atoms with van der Waals surface area (Å²) in [6.45, 7) is 6.41. The number of benzene rings is 1. The van der Waals surface area contributed by atoms with Gasteiger partial charge in [-0.05, 0) is 45.7 Å². The lowest BCUT2D eigenvalue weighted by molar-refractivity contribution is -0.144. The Hall–Kier alpha value is -1.84. The molecule has 4 nitrogen and oxygen atoms in total. The smallest absolute Gasteiger partial charge is 0.319 e. The van der Waals surface area contributed by atoms with Crippen molar-refractivity contribution in [2.45, 2.75) is 44.6 Å². The minimum atomic E-state index is -0.541. The van der Waals surface area contributed by atoms with E-state index in [1.165, 1.54) is 7.11 Å². The third-order valence-electron chi connectivity index (χ3n) is 3.99. The fraction of sp³-hybridized carbons (Fsp3) is 0.500. The molecule has 20 heavy (non-hydrogen) atoms. The van der Waals surface area contributed by atoms with Crippen LogP contribution in [-0.2, 0) is 20.5 Å². The lowest BCUT2D eigenvalue weighted by atomic mass is 10.0. The first-order valence-corrected chi connectivity index (χ1v) is 6.97. The van der Waals surface area contributed by atoms with Crippen LogP contribution in [0, 0.1) is 0 Å². The molecule has 106 valence electrons. The van der Waals surface area contributed by atoms with Gasteiger partial charge in [-0.15, -0.1) is 0 Å². The van der Waals surface area contributed by atoms with Crippen LogP contribution in [0.5, 0.6) is 0 Å². The molecule has 0 unspecified atom stereocenters. The van der Waals surface area contributed by atoms with Crippen LogP contribution < -0.4 is 0 Å². The summed E-state index contributed by atoms with van der Waals surface area (Å²) in [5.41, 5.74) is 1.34. The van der Waals surface area contributed by atoms with Crippen LogP contribution in [0.2, 0.25) is 0 Å². The summed E-state index contributed by atoms with van der Waals surface area (Å²) in [4.78, 5) is 16.9. The highest BCUT2D eigenvalue weighted by Gasteiger charge is 2.56. The van der Waals surface area contributed by atoms with Crippen LogP contribution in [0.3, 0.4) is 0 Å². The minimum Gasteiger partial charge on any atom is -0.468 e. The highest BCUT2D eigenvalue weighted by atomic mass is 16.5. The topological polar surface area (TPSA) is 44.1 Å². The second-order valence-corrected chi connectivity index (χ2v) is 6.50. The molecule has 0 bridgehead atoms. The molecule has 3 rings (SSSR count). The van der Waals surface area contributed by atoms with E-state index >= 15 is 0 Å². The zero-order valence-electron chi connectivity index (χ0n) is 12.4. The summed E-state index contributed by atoms with van der Waals surface area (Å²) >= 11 is 0. The van der Waals surface area contributed by atoms with Crippen LogP contribution in [0.15, 0.2) is 24.3 Å². The number of hydrogen-bond donors (Lipinski definition) is 0. The van der Waals surface area contributed by atoms with Crippen molar-refractivity contribution < 1.29 is 9.53 Å². The molecule has 1 saturated carbocycles. The van der Waals surface area contributed by atoms with E-state index in [-0.39, 0.29) is 11.5 Å². The summed E-state index contributed by atoms with van der Waals surface area (Å²) in [5.74, 6) is 0.677. The Morgan fingerprint density at radius 1 is 1.30 bits per heavy atom. The maximum Gasteiger partial charge on any atom is 0.319 e. The van der Waals surface area contributed by atoms with E-state index in [4.69, 9.17) is 9.72 Å². The Kier molecular flexibility index (Phi) is 2.68. The van der Waals surface area contributed by atoms with Crippen LogP contribution in [0.1, 0.15) is 39.4 Å². The molecule has 0 amide bonds. The average Bonchev–Trinajstić information content (AvgIpc) is 3.10. The molecule has 1 aromatic carbocycles. The van der Waals surface area contributed by atoms with Crippen LogP contribution in [0.25, 0.3) is 11.0 Å². The van der Waals surface area contributed by atoms with Crippen LogP contribution in [-0.4, -0.2) is 22.6 Å². The summed E-state index contributed by atoms with van der Waals surface area (Å²) in [5, 5.41) is 0. The number of esters is 1. The Morgan fingerprint density at radius 2 is 1.95 bits per heavy atom. The van der Waals surface area contributed by atoms with Gasteiger partial charge in [0, 0.05) is 5.54 Å². The standard InChI is InChI=1S/C16H20N2O2/c1-15(2,3)18-12-8-6-5-7-11(12)17-13(18)16(9-10-16)14(19)20-4/h5-8H,9-10H2,1-4H3. The fourth-order valence-electron chi connectivity index (χ4n) is 2.87. The quantitative estimate of drug-likeness (QED) is 0.789. The van der Waals surface area contributed by atoms with Gasteiger partial charge in [0.2, 0.25) is 0 Å². The first-order chi connectivity index (χ1) is 9.40. The SMILES string of the molecule is COC(=O)C1(c2nc3ccccc3n2C(C)(C)C)CC1. The molecule has 2 aromatic rings. The van der Waals surface area contributed by atoms with Crippen molar-refractivity contribution in [1.82, 2.24) is 9.55 Å². The molecule has 1 heterocycles. The fourth-order valence-corrected chi connectivity index (χ4v) is 2.87. The number of hydrogen-bond acceptors (Lipinski definition) is 3. The Morgan fingerprint density at radius 3 is 2.50 bits per heavy atom. The predicted octanol–water partition coefficient (Wildman–Crippen LogP) is 3.00. The molecule has 1 fully saturated rings. The number of methoxy groups -OCH3 is 1. The van der Waals surface area contributed by atoms with Crippen molar-refractivity contribution >= 4 is 17.0 Å². The summed E-state index contributed by atoms with van der Waals surface area (Å²) in [6, 6.07) is 8.04. The average molecular weight is 272 g/mol. The molecule has 0 radical (unpaired) electrons. The molecule has 1 aliphatic rings. The molecule has 0 atom stereocenters. The maximum atomic E-state index is 12.2. The number of fused-ring (bicyclic) bond motifs is 1. The van der Waals surface area contributed by atoms with E-state index in [9.17, 15) is 4.79 Å². The van der Waals surface area contributed by atoms with E-state index in [0.717, 1.165) is 29.7 Å². The zero-order chi connectivity index (χ0) is 14.5. The van der Waals surface area contributed by atoms with Crippen molar-refractivity contribution in [3.8, 4) is 0 Å². The summed E-state index contributed by atoms with van der Waals surface area (Å²) in [7, 11) is 1.45. The van der Waals surface area contributed by atoms with Gasteiger partial charge in [-0.3, -0.25) is 4.79 Å². The highest BCUT2D eigenvalue weighted by molar-refractivity contribution is 5.87. The van der Waals surface area contributed by atoms with Crippen molar-refractivity contribution in [2.75, 3.05) is 7.11 Å². The number of para-hydroxylation sites is 2. The maximum absolute atomic E-state index is 12.2. The Bertz CT molecular complexity index is 675. The molecular weight excluding hydrogens is 252 g/mol. The van der Waals surface area contributed by atoms with Gasteiger partial charge >= 0.3 is 5.97 Å². The normalized spacial score (nSPS) is 17.2. The van der Waals surface area contributed by atoms with E-state index in [2.05, 4.69) is 31.4 Å². The number of rotatable bonds is 2. The third-order valence-corrected chi connectivity index (χ3v) is 3.99. The first-order valence-electron chi connectivity index (χ1n) is 6.97. The molecule has 0 N–H and O–H groups in total. The molecule has 4 heteroatoms. The lowest BCUT2D eigenvalue weighted by Gasteiger charge is -2.27. The van der Waals surface area contributed by atoms with Crippen LogP contribution >= 0.6 is 0 Å². The van der Waals surface area contributed by atoms with E-state index in [1.54, 1.807) is 0 Å². The number of imidazole rings is 1. The van der Waals surface area contributed by atoms with Crippen molar-refractivity contribution in [1.29, 1.82) is 0 Å². The number of nitrogens with zero attached hydrogens (tertiary/aromatic N) is 2. The second kappa shape index (κ2) is 4.08. The molecule has 0 aliphatic heterocycles. The van der Waals surface area contributed by atoms with Gasteiger partial charge in [0.15, 0.2) is 0 Å². The molecule has 1 aliphatic carbocycles. The largest absolute Gasteiger partial charge is 0.468 e. The van der Waals surface area contributed by atoms with Gasteiger partial charge < -0.3 is 9.30 Å². The van der Waals surface area contributed by atoms with E-state index in [1.807, 2.05) is 18.2 Å². The monoisotopic (exact) mass is 272 g/mol. The highest BCUT2D eigenvalue weighted by Crippen LogP contribution is 2.50. The number of carbonyl (C=O) groups is 1. The first kappa shape index (κ1) is 13.2. The number of aromatic nitrogens is 2. The van der Waals surface area contributed by atoms with Gasteiger partial charge in [-0.1, -0.05) is 12.1 Å². The lowest BCUT2D eigenvalue weighted by Crippen LogP contribution is -2.32. The van der Waals surface area contributed by atoms with Gasteiger partial charge in [0.1, 0.15) is 11.2 Å².